The number of piperazine rings is 1. The van der Waals surface area contributed by atoms with Crippen molar-refractivity contribution in [1.82, 2.24) is 20.4 Å². The van der Waals surface area contributed by atoms with Gasteiger partial charge in [0.25, 0.3) is 0 Å². The summed E-state index contributed by atoms with van der Waals surface area (Å²) in [5, 5.41) is 5.93. The van der Waals surface area contributed by atoms with Crippen LogP contribution in [0.3, 0.4) is 0 Å². The molecule has 0 aliphatic carbocycles. The molecule has 3 rings (SSSR count). The SMILES string of the molecule is CNC(=O)CCC(C=O)N(C)C.O=Cc1ccc(N2CCN(CC3CCNCC3)CC2)cc1C=O. The first kappa shape index (κ1) is 28.6. The predicted molar refractivity (Wildman–Crippen MR) is 138 cm³/mol. The molecular weight excluding hydrogens is 446 g/mol. The van der Waals surface area contributed by atoms with Crippen LogP contribution in [-0.4, -0.2) is 108 Å². The van der Waals surface area contributed by atoms with Gasteiger partial charge in [-0.05, 0) is 70.6 Å². The van der Waals surface area contributed by atoms with Gasteiger partial charge in [0.15, 0.2) is 12.6 Å². The lowest BCUT2D eigenvalue weighted by Crippen LogP contribution is -2.48. The van der Waals surface area contributed by atoms with Gasteiger partial charge in [-0.15, -0.1) is 0 Å². The normalized spacial score (nSPS) is 17.8. The van der Waals surface area contributed by atoms with E-state index >= 15 is 0 Å². The van der Waals surface area contributed by atoms with Crippen molar-refractivity contribution in [3.05, 3.63) is 29.3 Å². The summed E-state index contributed by atoms with van der Waals surface area (Å²) in [5.41, 5.74) is 1.99. The van der Waals surface area contributed by atoms with Gasteiger partial charge in [0.05, 0.1) is 6.04 Å². The lowest BCUT2D eigenvalue weighted by molar-refractivity contribution is -0.121. The molecule has 2 N–H and O–H groups in total. The summed E-state index contributed by atoms with van der Waals surface area (Å²) in [6.45, 7) is 7.60. The van der Waals surface area contributed by atoms with E-state index in [1.54, 1.807) is 18.0 Å². The van der Waals surface area contributed by atoms with Crippen LogP contribution < -0.4 is 15.5 Å². The molecule has 0 saturated carbocycles. The molecule has 0 aromatic heterocycles. The Morgan fingerprint density at radius 2 is 1.74 bits per heavy atom. The Labute approximate surface area is 209 Å². The zero-order chi connectivity index (χ0) is 25.6. The Kier molecular flexibility index (Phi) is 12.6. The van der Waals surface area contributed by atoms with E-state index in [0.717, 1.165) is 69.7 Å². The van der Waals surface area contributed by atoms with E-state index in [-0.39, 0.29) is 11.9 Å². The second-order valence-corrected chi connectivity index (χ2v) is 9.41. The predicted octanol–water partition coefficient (Wildman–Crippen LogP) is 1.07. The highest BCUT2D eigenvalue weighted by Gasteiger charge is 2.22. The third-order valence-electron chi connectivity index (χ3n) is 6.80. The molecule has 2 aliphatic rings. The standard InChI is InChI=1S/C18H25N3O2.C8H16N2O2/c22-13-16-1-2-18(11-17(16)14-23)21-9-7-20(8-10-21)12-15-3-5-19-6-4-15;1-9-8(12)5-4-7(6-11)10(2)3/h1-2,11,13-15,19H,3-10,12H2;6-7H,4-5H2,1-3H3,(H,9,12). The fourth-order valence-electron chi connectivity index (χ4n) is 4.44. The number of hydrogen-bond donors (Lipinski definition) is 2. The lowest BCUT2D eigenvalue weighted by atomic mass is 9.97. The van der Waals surface area contributed by atoms with Crippen molar-refractivity contribution in [2.45, 2.75) is 31.7 Å². The minimum absolute atomic E-state index is 0.0244. The Hall–Kier alpha value is -2.62. The highest BCUT2D eigenvalue weighted by atomic mass is 16.1. The third-order valence-corrected chi connectivity index (χ3v) is 6.80. The Bertz CT molecular complexity index is 818. The number of hydrogen-bond acceptors (Lipinski definition) is 8. The molecule has 1 unspecified atom stereocenters. The summed E-state index contributed by atoms with van der Waals surface area (Å²) < 4.78 is 0. The van der Waals surface area contributed by atoms with Gasteiger partial charge in [-0.25, -0.2) is 0 Å². The molecule has 2 saturated heterocycles. The molecule has 0 bridgehead atoms. The maximum Gasteiger partial charge on any atom is 0.219 e. The van der Waals surface area contributed by atoms with Gasteiger partial charge in [0.1, 0.15) is 6.29 Å². The smallest absolute Gasteiger partial charge is 0.219 e. The molecule has 1 amide bonds. The topological polar surface area (TPSA) is 102 Å². The second-order valence-electron chi connectivity index (χ2n) is 9.41. The van der Waals surface area contributed by atoms with Gasteiger partial charge < -0.3 is 20.3 Å². The van der Waals surface area contributed by atoms with Crippen LogP contribution in [0.4, 0.5) is 5.69 Å². The summed E-state index contributed by atoms with van der Waals surface area (Å²) >= 11 is 0. The maximum absolute atomic E-state index is 11.1. The largest absolute Gasteiger partial charge is 0.369 e. The highest BCUT2D eigenvalue weighted by molar-refractivity contribution is 5.91. The monoisotopic (exact) mass is 487 g/mol. The van der Waals surface area contributed by atoms with Crippen LogP contribution >= 0.6 is 0 Å². The number of likely N-dealkylation sites (N-methyl/N-ethyl adjacent to an activating group) is 1. The number of carbonyl (C=O) groups is 4. The number of carbonyl (C=O) groups excluding carboxylic acids is 4. The summed E-state index contributed by atoms with van der Waals surface area (Å²) in [5.74, 6) is 0.806. The van der Waals surface area contributed by atoms with Crippen molar-refractivity contribution < 1.29 is 19.2 Å². The minimum atomic E-state index is -0.151. The quantitative estimate of drug-likeness (QED) is 0.473. The van der Waals surface area contributed by atoms with Gasteiger partial charge in [0.2, 0.25) is 5.91 Å². The van der Waals surface area contributed by atoms with Crippen LogP contribution in [0.2, 0.25) is 0 Å². The number of amides is 1. The first-order chi connectivity index (χ1) is 16.9. The molecule has 35 heavy (non-hydrogen) atoms. The molecule has 9 nitrogen and oxygen atoms in total. The number of benzene rings is 1. The Morgan fingerprint density at radius 3 is 2.29 bits per heavy atom. The first-order valence-electron chi connectivity index (χ1n) is 12.5. The van der Waals surface area contributed by atoms with E-state index < -0.39 is 0 Å². The first-order valence-corrected chi connectivity index (χ1v) is 12.5. The Balaban J connectivity index is 0.000000307. The molecule has 2 heterocycles. The van der Waals surface area contributed by atoms with Crippen LogP contribution in [-0.2, 0) is 9.59 Å². The van der Waals surface area contributed by atoms with Gasteiger partial charge in [-0.1, -0.05) is 0 Å². The molecular formula is C26H41N5O4. The van der Waals surface area contributed by atoms with Crippen LogP contribution in [0.15, 0.2) is 18.2 Å². The molecule has 1 atom stereocenters. The zero-order valence-electron chi connectivity index (χ0n) is 21.4. The molecule has 194 valence electrons. The molecule has 0 radical (unpaired) electrons. The molecule has 2 fully saturated rings. The van der Waals surface area contributed by atoms with E-state index in [1.807, 2.05) is 26.2 Å². The van der Waals surface area contributed by atoms with Gasteiger partial charge >= 0.3 is 0 Å². The number of piperidine rings is 1. The number of nitrogens with zero attached hydrogens (tertiary/aromatic N) is 3. The van der Waals surface area contributed by atoms with Crippen molar-refractivity contribution in [1.29, 1.82) is 0 Å². The minimum Gasteiger partial charge on any atom is -0.369 e. The van der Waals surface area contributed by atoms with E-state index in [0.29, 0.717) is 24.0 Å². The molecule has 9 heteroatoms. The van der Waals surface area contributed by atoms with Crippen LogP contribution in [0, 0.1) is 5.92 Å². The van der Waals surface area contributed by atoms with Crippen molar-refractivity contribution in [2.75, 3.05) is 71.9 Å². The van der Waals surface area contributed by atoms with Gasteiger partial charge in [-0.3, -0.25) is 24.2 Å². The van der Waals surface area contributed by atoms with Gasteiger partial charge in [-0.2, -0.15) is 0 Å². The van der Waals surface area contributed by atoms with Crippen molar-refractivity contribution in [3.63, 3.8) is 0 Å². The zero-order valence-corrected chi connectivity index (χ0v) is 21.4. The average Bonchev–Trinajstić information content (AvgIpc) is 2.89. The van der Waals surface area contributed by atoms with Crippen LogP contribution in [0.25, 0.3) is 0 Å². The Morgan fingerprint density at radius 1 is 1.09 bits per heavy atom. The summed E-state index contributed by atoms with van der Waals surface area (Å²) in [6.07, 6.45) is 5.93. The fourth-order valence-corrected chi connectivity index (χ4v) is 4.44. The maximum atomic E-state index is 11.1. The average molecular weight is 488 g/mol. The molecule has 1 aromatic rings. The van der Waals surface area contributed by atoms with Gasteiger partial charge in [0, 0.05) is 63.0 Å². The number of rotatable bonds is 10. The van der Waals surface area contributed by atoms with Crippen LogP contribution in [0.5, 0.6) is 0 Å². The second kappa shape index (κ2) is 15.4. The molecule has 2 aliphatic heterocycles. The number of anilines is 1. The molecule has 1 aromatic carbocycles. The molecule has 0 spiro atoms. The summed E-state index contributed by atoms with van der Waals surface area (Å²) in [4.78, 5) is 50.0. The lowest BCUT2D eigenvalue weighted by Gasteiger charge is -2.38. The summed E-state index contributed by atoms with van der Waals surface area (Å²) in [6, 6.07) is 5.37. The van der Waals surface area contributed by atoms with E-state index in [4.69, 9.17) is 0 Å². The van der Waals surface area contributed by atoms with Crippen LogP contribution in [0.1, 0.15) is 46.4 Å². The summed E-state index contributed by atoms with van der Waals surface area (Å²) in [7, 11) is 5.24. The van der Waals surface area contributed by atoms with Crippen molar-refractivity contribution in [2.24, 2.45) is 5.92 Å². The van der Waals surface area contributed by atoms with Crippen molar-refractivity contribution >= 4 is 30.5 Å². The van der Waals surface area contributed by atoms with E-state index in [1.165, 1.54) is 19.4 Å². The highest BCUT2D eigenvalue weighted by Crippen LogP contribution is 2.21. The fraction of sp³-hybridized carbons (Fsp3) is 0.615. The number of nitrogens with one attached hydrogen (secondary N) is 2. The number of aldehydes is 3. The third kappa shape index (κ3) is 9.51. The van der Waals surface area contributed by atoms with Crippen molar-refractivity contribution in [3.8, 4) is 0 Å². The van der Waals surface area contributed by atoms with E-state index in [2.05, 4.69) is 20.4 Å². The van der Waals surface area contributed by atoms with E-state index in [9.17, 15) is 19.2 Å².